The Balaban J connectivity index is 1.77. The lowest BCUT2D eigenvalue weighted by Crippen LogP contribution is -2.44. The zero-order valence-corrected chi connectivity index (χ0v) is 12.8. The van der Waals surface area contributed by atoms with Crippen LogP contribution in [0.2, 0.25) is 5.02 Å². The van der Waals surface area contributed by atoms with E-state index in [0.717, 1.165) is 51.5 Å². The lowest BCUT2D eigenvalue weighted by molar-refractivity contribution is 0.0209. The van der Waals surface area contributed by atoms with E-state index in [0.29, 0.717) is 16.6 Å². The van der Waals surface area contributed by atoms with Gasteiger partial charge < -0.3 is 15.4 Å². The van der Waals surface area contributed by atoms with E-state index < -0.39 is 0 Å². The summed E-state index contributed by atoms with van der Waals surface area (Å²) in [5.41, 5.74) is 7.34. The van der Waals surface area contributed by atoms with Gasteiger partial charge in [0.1, 0.15) is 5.84 Å². The molecule has 114 valence electrons. The molecule has 21 heavy (non-hydrogen) atoms. The second-order valence-corrected chi connectivity index (χ2v) is 5.99. The highest BCUT2D eigenvalue weighted by Gasteiger charge is 2.30. The number of nitrogens with zero attached hydrogens (tertiary/aromatic N) is 2. The largest absolute Gasteiger partial charge is 0.384 e. The Hall–Kier alpha value is -1.30. The molecule has 0 bridgehead atoms. The van der Waals surface area contributed by atoms with Crippen LogP contribution in [0.5, 0.6) is 0 Å². The van der Waals surface area contributed by atoms with Gasteiger partial charge in [0, 0.05) is 37.9 Å². The van der Waals surface area contributed by atoms with Crippen molar-refractivity contribution in [2.75, 3.05) is 44.3 Å². The van der Waals surface area contributed by atoms with Crippen LogP contribution in [0.25, 0.3) is 0 Å². The van der Waals surface area contributed by atoms with Crippen molar-refractivity contribution in [1.29, 1.82) is 5.41 Å². The van der Waals surface area contributed by atoms with E-state index in [4.69, 9.17) is 27.5 Å². The molecule has 0 aliphatic carbocycles. The lowest BCUT2D eigenvalue weighted by Gasteiger charge is -2.32. The number of anilines is 1. The van der Waals surface area contributed by atoms with Gasteiger partial charge in [-0.05, 0) is 18.6 Å². The molecule has 1 atom stereocenters. The molecule has 3 N–H and O–H groups in total. The summed E-state index contributed by atoms with van der Waals surface area (Å²) in [6.45, 7) is 5.60. The summed E-state index contributed by atoms with van der Waals surface area (Å²) < 4.78 is 5.42. The summed E-state index contributed by atoms with van der Waals surface area (Å²) in [4.78, 5) is 4.80. The first kappa shape index (κ1) is 14.6. The van der Waals surface area contributed by atoms with Crippen molar-refractivity contribution in [3.8, 4) is 0 Å². The van der Waals surface area contributed by atoms with Gasteiger partial charge in [-0.2, -0.15) is 0 Å². The SMILES string of the molecule is N=C(N)c1c(Cl)cccc1N1CCC(N2CCOCC2)C1. The lowest BCUT2D eigenvalue weighted by atomic mass is 10.1. The second kappa shape index (κ2) is 6.22. The fourth-order valence-electron chi connectivity index (χ4n) is 3.24. The predicted octanol–water partition coefficient (Wildman–Crippen LogP) is 1.53. The third kappa shape index (κ3) is 3.00. The van der Waals surface area contributed by atoms with Crippen molar-refractivity contribution >= 4 is 23.1 Å². The molecule has 0 spiro atoms. The van der Waals surface area contributed by atoms with E-state index >= 15 is 0 Å². The summed E-state index contributed by atoms with van der Waals surface area (Å²) in [5.74, 6) is 0.0328. The number of amidine groups is 1. The van der Waals surface area contributed by atoms with Crippen molar-refractivity contribution in [2.24, 2.45) is 5.73 Å². The number of morpholine rings is 1. The molecule has 0 radical (unpaired) electrons. The number of rotatable bonds is 3. The van der Waals surface area contributed by atoms with Crippen molar-refractivity contribution in [3.63, 3.8) is 0 Å². The molecule has 0 saturated carbocycles. The summed E-state index contributed by atoms with van der Waals surface area (Å²) in [6, 6.07) is 6.26. The number of benzene rings is 1. The van der Waals surface area contributed by atoms with E-state index in [2.05, 4.69) is 9.80 Å². The van der Waals surface area contributed by atoms with E-state index in [9.17, 15) is 0 Å². The Morgan fingerprint density at radius 3 is 2.76 bits per heavy atom. The van der Waals surface area contributed by atoms with Crippen LogP contribution >= 0.6 is 11.6 Å². The number of halogens is 1. The van der Waals surface area contributed by atoms with Gasteiger partial charge in [-0.1, -0.05) is 17.7 Å². The third-order valence-corrected chi connectivity index (χ3v) is 4.64. The normalized spacial score (nSPS) is 23.5. The molecule has 0 amide bonds. The van der Waals surface area contributed by atoms with Gasteiger partial charge in [0.15, 0.2) is 0 Å². The molecule has 3 rings (SSSR count). The third-order valence-electron chi connectivity index (χ3n) is 4.33. The molecular weight excluding hydrogens is 288 g/mol. The summed E-state index contributed by atoms with van der Waals surface area (Å²) in [7, 11) is 0. The molecule has 1 unspecified atom stereocenters. The predicted molar refractivity (Wildman–Crippen MR) is 85.5 cm³/mol. The maximum atomic E-state index is 7.77. The number of nitrogen functional groups attached to an aromatic ring is 1. The van der Waals surface area contributed by atoms with Crippen LogP contribution in [-0.4, -0.2) is 56.2 Å². The fourth-order valence-corrected chi connectivity index (χ4v) is 3.52. The number of hydrogen-bond donors (Lipinski definition) is 2. The monoisotopic (exact) mass is 308 g/mol. The first-order valence-electron chi connectivity index (χ1n) is 7.36. The van der Waals surface area contributed by atoms with Crippen molar-refractivity contribution < 1.29 is 4.74 Å². The average Bonchev–Trinajstić information content (AvgIpc) is 2.97. The molecule has 6 heteroatoms. The summed E-state index contributed by atoms with van der Waals surface area (Å²) in [6.07, 6.45) is 1.13. The quantitative estimate of drug-likeness (QED) is 0.656. The van der Waals surface area contributed by atoms with Crippen LogP contribution < -0.4 is 10.6 Å². The van der Waals surface area contributed by atoms with Gasteiger partial charge in [-0.3, -0.25) is 10.3 Å². The van der Waals surface area contributed by atoms with Gasteiger partial charge in [-0.25, -0.2) is 0 Å². The zero-order valence-electron chi connectivity index (χ0n) is 12.0. The van der Waals surface area contributed by atoms with Crippen molar-refractivity contribution in [3.05, 3.63) is 28.8 Å². The van der Waals surface area contributed by atoms with E-state index in [1.165, 1.54) is 0 Å². The zero-order chi connectivity index (χ0) is 14.8. The smallest absolute Gasteiger partial charge is 0.126 e. The van der Waals surface area contributed by atoms with E-state index in [1.54, 1.807) is 6.07 Å². The summed E-state index contributed by atoms with van der Waals surface area (Å²) >= 11 is 6.21. The van der Waals surface area contributed by atoms with Crippen LogP contribution in [0.4, 0.5) is 5.69 Å². The molecule has 2 aliphatic rings. The Labute approximate surface area is 130 Å². The van der Waals surface area contributed by atoms with Crippen LogP contribution in [0.3, 0.4) is 0 Å². The van der Waals surface area contributed by atoms with Crippen molar-refractivity contribution in [2.45, 2.75) is 12.5 Å². The standard InChI is InChI=1S/C15H21ClN4O/c16-12-2-1-3-13(14(12)15(17)18)20-5-4-11(10-20)19-6-8-21-9-7-19/h1-3,11H,4-10H2,(H3,17,18). The second-order valence-electron chi connectivity index (χ2n) is 5.58. The van der Waals surface area contributed by atoms with Crippen LogP contribution in [0.1, 0.15) is 12.0 Å². The molecule has 2 fully saturated rings. The Morgan fingerprint density at radius 1 is 1.29 bits per heavy atom. The maximum absolute atomic E-state index is 7.77. The number of ether oxygens (including phenoxy) is 1. The van der Waals surface area contributed by atoms with Gasteiger partial charge >= 0.3 is 0 Å². The highest BCUT2D eigenvalue weighted by atomic mass is 35.5. The van der Waals surface area contributed by atoms with Crippen LogP contribution in [-0.2, 0) is 4.74 Å². The van der Waals surface area contributed by atoms with Gasteiger partial charge in [0.05, 0.1) is 23.8 Å². The number of hydrogen-bond acceptors (Lipinski definition) is 4. The highest BCUT2D eigenvalue weighted by Crippen LogP contribution is 2.30. The molecule has 1 aromatic carbocycles. The van der Waals surface area contributed by atoms with Gasteiger partial charge in [0.2, 0.25) is 0 Å². The molecule has 2 saturated heterocycles. The first-order valence-corrected chi connectivity index (χ1v) is 7.74. The Kier molecular flexibility index (Phi) is 4.33. The Morgan fingerprint density at radius 2 is 2.05 bits per heavy atom. The first-order chi connectivity index (χ1) is 10.2. The molecule has 2 aliphatic heterocycles. The summed E-state index contributed by atoms with van der Waals surface area (Å²) in [5, 5.41) is 8.32. The minimum atomic E-state index is 0.0328. The minimum absolute atomic E-state index is 0.0328. The Bertz CT molecular complexity index is 530. The molecule has 0 aromatic heterocycles. The molecule has 2 heterocycles. The van der Waals surface area contributed by atoms with E-state index in [1.807, 2.05) is 12.1 Å². The molecular formula is C15H21ClN4O. The molecule has 5 nitrogen and oxygen atoms in total. The molecule has 1 aromatic rings. The highest BCUT2D eigenvalue weighted by molar-refractivity contribution is 6.34. The number of nitrogens with two attached hydrogens (primary N) is 1. The topological polar surface area (TPSA) is 65.6 Å². The van der Waals surface area contributed by atoms with Gasteiger partial charge in [0.25, 0.3) is 0 Å². The van der Waals surface area contributed by atoms with E-state index in [-0.39, 0.29) is 5.84 Å². The van der Waals surface area contributed by atoms with Crippen LogP contribution in [0.15, 0.2) is 18.2 Å². The van der Waals surface area contributed by atoms with Crippen LogP contribution in [0, 0.1) is 5.41 Å². The van der Waals surface area contributed by atoms with Gasteiger partial charge in [-0.15, -0.1) is 0 Å². The fraction of sp³-hybridized carbons (Fsp3) is 0.533. The minimum Gasteiger partial charge on any atom is -0.384 e. The average molecular weight is 309 g/mol. The number of nitrogens with one attached hydrogen (secondary N) is 1. The maximum Gasteiger partial charge on any atom is 0.126 e. The van der Waals surface area contributed by atoms with Crippen molar-refractivity contribution in [1.82, 2.24) is 4.90 Å².